The molecule has 102 valence electrons. The number of hydrogen-bond acceptors (Lipinski definition) is 3. The third kappa shape index (κ3) is 3.94. The number of nitrogens with zero attached hydrogens (tertiary/aromatic N) is 2. The summed E-state index contributed by atoms with van der Waals surface area (Å²) in [6.07, 6.45) is 4.66. The van der Waals surface area contributed by atoms with Crippen LogP contribution in [0.5, 0.6) is 0 Å². The standard InChI is InChI=1S/C14H30N2O/c1-5-14(6-2,12-17)11-16(4)13-7-9-15(3)10-8-13/h13,17H,5-12H2,1-4H3. The summed E-state index contributed by atoms with van der Waals surface area (Å²) in [6, 6.07) is 0.704. The Labute approximate surface area is 107 Å². The van der Waals surface area contributed by atoms with Crippen molar-refractivity contribution in [2.45, 2.75) is 45.6 Å². The van der Waals surface area contributed by atoms with Gasteiger partial charge in [0, 0.05) is 24.6 Å². The van der Waals surface area contributed by atoms with Gasteiger partial charge in [-0.2, -0.15) is 0 Å². The summed E-state index contributed by atoms with van der Waals surface area (Å²) in [5, 5.41) is 9.63. The van der Waals surface area contributed by atoms with Crippen molar-refractivity contribution in [3.05, 3.63) is 0 Å². The number of rotatable bonds is 6. The van der Waals surface area contributed by atoms with Gasteiger partial charge in [-0.15, -0.1) is 0 Å². The normalized spacial score (nSPS) is 20.1. The van der Waals surface area contributed by atoms with Gasteiger partial charge in [-0.05, 0) is 52.9 Å². The number of aliphatic hydroxyl groups excluding tert-OH is 1. The Morgan fingerprint density at radius 1 is 1.24 bits per heavy atom. The van der Waals surface area contributed by atoms with Crippen LogP contribution in [-0.4, -0.2) is 61.3 Å². The zero-order valence-corrected chi connectivity index (χ0v) is 12.1. The van der Waals surface area contributed by atoms with Crippen molar-refractivity contribution in [1.29, 1.82) is 0 Å². The first-order valence-electron chi connectivity index (χ1n) is 7.06. The van der Waals surface area contributed by atoms with Gasteiger partial charge in [-0.25, -0.2) is 0 Å². The molecule has 1 fully saturated rings. The van der Waals surface area contributed by atoms with Crippen LogP contribution in [0, 0.1) is 5.41 Å². The molecule has 0 bridgehead atoms. The van der Waals surface area contributed by atoms with E-state index >= 15 is 0 Å². The van der Waals surface area contributed by atoms with Gasteiger partial charge in [0.1, 0.15) is 0 Å². The summed E-state index contributed by atoms with van der Waals surface area (Å²) in [5.74, 6) is 0. The lowest BCUT2D eigenvalue weighted by molar-refractivity contribution is 0.0447. The molecule has 0 saturated carbocycles. The average molecular weight is 242 g/mol. The minimum absolute atomic E-state index is 0.109. The third-order valence-corrected chi connectivity index (χ3v) is 4.73. The Hall–Kier alpha value is -0.120. The van der Waals surface area contributed by atoms with Crippen LogP contribution in [0.2, 0.25) is 0 Å². The summed E-state index contributed by atoms with van der Waals surface area (Å²) in [4.78, 5) is 4.89. The van der Waals surface area contributed by atoms with E-state index in [-0.39, 0.29) is 5.41 Å². The van der Waals surface area contributed by atoms with Crippen LogP contribution in [-0.2, 0) is 0 Å². The van der Waals surface area contributed by atoms with Crippen molar-refractivity contribution < 1.29 is 5.11 Å². The van der Waals surface area contributed by atoms with Crippen molar-refractivity contribution in [1.82, 2.24) is 9.80 Å². The lowest BCUT2D eigenvalue weighted by Gasteiger charge is -2.40. The molecule has 1 aliphatic heterocycles. The minimum Gasteiger partial charge on any atom is -0.396 e. The summed E-state index contributed by atoms with van der Waals surface area (Å²) in [5.41, 5.74) is 0.109. The highest BCUT2D eigenvalue weighted by atomic mass is 16.3. The molecule has 1 saturated heterocycles. The topological polar surface area (TPSA) is 26.7 Å². The van der Waals surface area contributed by atoms with E-state index in [4.69, 9.17) is 0 Å². The van der Waals surface area contributed by atoms with Crippen LogP contribution in [0.15, 0.2) is 0 Å². The maximum absolute atomic E-state index is 9.63. The van der Waals surface area contributed by atoms with E-state index in [1.165, 1.54) is 25.9 Å². The molecule has 0 aliphatic carbocycles. The fourth-order valence-electron chi connectivity index (χ4n) is 2.84. The molecule has 0 aromatic rings. The van der Waals surface area contributed by atoms with Crippen molar-refractivity contribution >= 4 is 0 Å². The SMILES string of the molecule is CCC(CC)(CO)CN(C)C1CCN(C)CC1. The van der Waals surface area contributed by atoms with Gasteiger partial charge < -0.3 is 14.9 Å². The van der Waals surface area contributed by atoms with Crippen molar-refractivity contribution in [2.24, 2.45) is 5.41 Å². The second-order valence-electron chi connectivity index (χ2n) is 5.81. The van der Waals surface area contributed by atoms with Crippen LogP contribution >= 0.6 is 0 Å². The first-order valence-corrected chi connectivity index (χ1v) is 7.06. The first kappa shape index (κ1) is 14.9. The van der Waals surface area contributed by atoms with Crippen LogP contribution in [0.3, 0.4) is 0 Å². The summed E-state index contributed by atoms with van der Waals surface area (Å²) in [6.45, 7) is 8.16. The molecule has 0 atom stereocenters. The highest BCUT2D eigenvalue weighted by molar-refractivity contribution is 4.84. The second-order valence-corrected chi connectivity index (χ2v) is 5.81. The second kappa shape index (κ2) is 6.72. The van der Waals surface area contributed by atoms with Crippen LogP contribution < -0.4 is 0 Å². The molecule has 1 rings (SSSR count). The molecule has 0 aromatic heterocycles. The van der Waals surface area contributed by atoms with Crippen molar-refractivity contribution in [3.8, 4) is 0 Å². The molecule has 1 heterocycles. The molecule has 1 aliphatic rings. The minimum atomic E-state index is 0.109. The largest absolute Gasteiger partial charge is 0.396 e. The Balaban J connectivity index is 2.49. The van der Waals surface area contributed by atoms with Gasteiger partial charge in [0.15, 0.2) is 0 Å². The van der Waals surface area contributed by atoms with Gasteiger partial charge in [-0.3, -0.25) is 0 Å². The molecule has 0 aromatic carbocycles. The molecule has 3 heteroatoms. The maximum atomic E-state index is 9.63. The molecule has 0 unspecified atom stereocenters. The van der Waals surface area contributed by atoms with Gasteiger partial charge in [0.25, 0.3) is 0 Å². The van der Waals surface area contributed by atoms with E-state index in [0.717, 1.165) is 19.4 Å². The molecule has 1 N–H and O–H groups in total. The monoisotopic (exact) mass is 242 g/mol. The Morgan fingerprint density at radius 2 is 1.76 bits per heavy atom. The number of likely N-dealkylation sites (tertiary alicyclic amines) is 1. The van der Waals surface area contributed by atoms with Crippen LogP contribution in [0.25, 0.3) is 0 Å². The molecular weight excluding hydrogens is 212 g/mol. The third-order valence-electron chi connectivity index (χ3n) is 4.73. The predicted octanol–water partition coefficient (Wildman–Crippen LogP) is 1.81. The van der Waals surface area contributed by atoms with E-state index in [1.54, 1.807) is 0 Å². The van der Waals surface area contributed by atoms with Crippen molar-refractivity contribution in [3.63, 3.8) is 0 Å². The highest BCUT2D eigenvalue weighted by Gasteiger charge is 2.30. The summed E-state index contributed by atoms with van der Waals surface area (Å²) >= 11 is 0. The highest BCUT2D eigenvalue weighted by Crippen LogP contribution is 2.28. The summed E-state index contributed by atoms with van der Waals surface area (Å²) in [7, 11) is 4.43. The predicted molar refractivity (Wildman–Crippen MR) is 73.2 cm³/mol. The van der Waals surface area contributed by atoms with Gasteiger partial charge >= 0.3 is 0 Å². The fraction of sp³-hybridized carbons (Fsp3) is 1.00. The smallest absolute Gasteiger partial charge is 0.0499 e. The maximum Gasteiger partial charge on any atom is 0.0499 e. The van der Waals surface area contributed by atoms with E-state index in [0.29, 0.717) is 12.6 Å². The average Bonchev–Trinajstić information content (AvgIpc) is 2.37. The van der Waals surface area contributed by atoms with Gasteiger partial charge in [0.2, 0.25) is 0 Å². The van der Waals surface area contributed by atoms with Crippen molar-refractivity contribution in [2.75, 3.05) is 40.3 Å². The quantitative estimate of drug-likeness (QED) is 0.769. The van der Waals surface area contributed by atoms with E-state index < -0.39 is 0 Å². The van der Waals surface area contributed by atoms with Gasteiger partial charge in [-0.1, -0.05) is 13.8 Å². The Kier molecular flexibility index (Phi) is 5.90. The zero-order chi connectivity index (χ0) is 12.9. The Bertz CT molecular complexity index is 200. The van der Waals surface area contributed by atoms with E-state index in [1.807, 2.05) is 0 Å². The van der Waals surface area contributed by atoms with Gasteiger partial charge in [0.05, 0.1) is 0 Å². The zero-order valence-electron chi connectivity index (χ0n) is 12.1. The fourth-order valence-corrected chi connectivity index (χ4v) is 2.84. The lowest BCUT2D eigenvalue weighted by atomic mass is 9.82. The molecular formula is C14H30N2O. The van der Waals surface area contributed by atoms with Crippen LogP contribution in [0.4, 0.5) is 0 Å². The summed E-state index contributed by atoms with van der Waals surface area (Å²) < 4.78 is 0. The number of piperidine rings is 1. The molecule has 0 spiro atoms. The van der Waals surface area contributed by atoms with Crippen LogP contribution in [0.1, 0.15) is 39.5 Å². The first-order chi connectivity index (χ1) is 8.06. The van der Waals surface area contributed by atoms with E-state index in [2.05, 4.69) is 37.7 Å². The molecule has 3 nitrogen and oxygen atoms in total. The van der Waals surface area contributed by atoms with E-state index in [9.17, 15) is 5.11 Å². The molecule has 0 radical (unpaired) electrons. The number of aliphatic hydroxyl groups is 1. The lowest BCUT2D eigenvalue weighted by Crippen LogP contribution is -2.47. The number of hydrogen-bond donors (Lipinski definition) is 1. The molecule has 17 heavy (non-hydrogen) atoms. The molecule has 0 amide bonds. The Morgan fingerprint density at radius 3 is 2.18 bits per heavy atom.